The van der Waals surface area contributed by atoms with Gasteiger partial charge in [-0.2, -0.15) is 13.2 Å². The summed E-state index contributed by atoms with van der Waals surface area (Å²) in [5, 5.41) is 3.20. The lowest BCUT2D eigenvalue weighted by atomic mass is 10.1. The van der Waals surface area contributed by atoms with Crippen LogP contribution in [0.15, 0.2) is 29.3 Å². The fourth-order valence-corrected chi connectivity index (χ4v) is 3.22. The number of hydrogen-bond donors (Lipinski definition) is 1. The molecule has 10 heteroatoms. The number of carbonyl (C=O) groups is 1. The van der Waals surface area contributed by atoms with Crippen LogP contribution in [0.5, 0.6) is 0 Å². The van der Waals surface area contributed by atoms with E-state index in [0.29, 0.717) is 38.7 Å². The molecule has 29 heavy (non-hydrogen) atoms. The first-order valence-corrected chi connectivity index (χ1v) is 9.22. The Morgan fingerprint density at radius 2 is 1.86 bits per heavy atom. The number of halogens is 4. The van der Waals surface area contributed by atoms with Gasteiger partial charge in [-0.3, -0.25) is 4.99 Å². The smallest absolute Gasteiger partial charge is 0.416 e. The molecule has 1 amide bonds. The van der Waals surface area contributed by atoms with Crippen LogP contribution in [0.2, 0.25) is 0 Å². The van der Waals surface area contributed by atoms with Crippen LogP contribution < -0.4 is 5.32 Å². The fraction of sp³-hybridized carbons (Fsp3) is 0.579. The van der Waals surface area contributed by atoms with Gasteiger partial charge in [0.15, 0.2) is 5.96 Å². The highest BCUT2D eigenvalue weighted by Gasteiger charge is 2.36. The highest BCUT2D eigenvalue weighted by atomic mass is 127. The van der Waals surface area contributed by atoms with Gasteiger partial charge in [0.25, 0.3) is 0 Å². The molecule has 0 bridgehead atoms. The zero-order chi connectivity index (χ0) is 20.5. The lowest BCUT2D eigenvalue weighted by molar-refractivity contribution is -0.137. The maximum atomic E-state index is 12.6. The van der Waals surface area contributed by atoms with Crippen LogP contribution >= 0.6 is 24.0 Å². The molecule has 0 radical (unpaired) electrons. The summed E-state index contributed by atoms with van der Waals surface area (Å²) in [7, 11) is 0. The minimum absolute atomic E-state index is 0. The van der Waals surface area contributed by atoms with E-state index < -0.39 is 17.3 Å². The number of piperazine rings is 1. The Bertz CT molecular complexity index is 747. The number of rotatable bonds is 2. The maximum absolute atomic E-state index is 12.6. The Balaban J connectivity index is 0.00000300. The number of hydrogen-bond acceptors (Lipinski definition) is 5. The van der Waals surface area contributed by atoms with Crippen LogP contribution in [-0.4, -0.2) is 59.7 Å². The number of guanidine groups is 1. The minimum atomic E-state index is -4.33. The molecule has 0 aromatic heterocycles. The van der Waals surface area contributed by atoms with Gasteiger partial charge in [0.2, 0.25) is 0 Å². The van der Waals surface area contributed by atoms with Gasteiger partial charge in [-0.15, -0.1) is 24.0 Å². The van der Waals surface area contributed by atoms with Crippen LogP contribution in [0, 0.1) is 0 Å². The second-order valence-corrected chi connectivity index (χ2v) is 7.99. The van der Waals surface area contributed by atoms with Crippen molar-refractivity contribution in [2.45, 2.75) is 45.1 Å². The molecule has 1 atom stereocenters. The zero-order valence-electron chi connectivity index (χ0n) is 16.6. The molecule has 1 N–H and O–H groups in total. The summed E-state index contributed by atoms with van der Waals surface area (Å²) >= 11 is 0. The number of nitrogens with one attached hydrogen (secondary N) is 1. The van der Waals surface area contributed by atoms with E-state index in [-0.39, 0.29) is 36.1 Å². The summed E-state index contributed by atoms with van der Waals surface area (Å²) in [5.41, 5.74) is -0.450. The van der Waals surface area contributed by atoms with Crippen LogP contribution in [0.4, 0.5) is 18.0 Å². The molecule has 1 aromatic rings. The summed E-state index contributed by atoms with van der Waals surface area (Å²) in [6.07, 6.45) is -4.65. The van der Waals surface area contributed by atoms with Crippen molar-refractivity contribution in [1.82, 2.24) is 15.1 Å². The molecule has 6 nitrogen and oxygen atoms in total. The normalized spacial score (nSPS) is 19.2. The summed E-state index contributed by atoms with van der Waals surface area (Å²) < 4.78 is 43.3. The molecule has 1 fully saturated rings. The van der Waals surface area contributed by atoms with Gasteiger partial charge < -0.3 is 19.9 Å². The van der Waals surface area contributed by atoms with Crippen molar-refractivity contribution in [3.8, 4) is 0 Å². The number of fused-ring (bicyclic) bond motifs is 1. The second kappa shape index (κ2) is 8.97. The Morgan fingerprint density at radius 3 is 2.45 bits per heavy atom. The quantitative estimate of drug-likeness (QED) is 0.598. The van der Waals surface area contributed by atoms with E-state index in [2.05, 4.69) is 15.2 Å². The van der Waals surface area contributed by atoms with Crippen molar-refractivity contribution in [2.24, 2.45) is 4.99 Å². The average Bonchev–Trinajstić information content (AvgIpc) is 3.00. The van der Waals surface area contributed by atoms with Crippen molar-refractivity contribution in [2.75, 3.05) is 26.2 Å². The fourth-order valence-electron chi connectivity index (χ4n) is 3.22. The maximum Gasteiger partial charge on any atom is 0.416 e. The molecule has 0 saturated carbocycles. The van der Waals surface area contributed by atoms with Gasteiger partial charge in [0.05, 0.1) is 18.2 Å². The molecule has 162 valence electrons. The largest absolute Gasteiger partial charge is 0.444 e. The predicted octanol–water partition coefficient (Wildman–Crippen LogP) is 3.70. The number of amides is 1. The van der Waals surface area contributed by atoms with E-state index in [0.717, 1.165) is 17.7 Å². The van der Waals surface area contributed by atoms with E-state index in [1.807, 2.05) is 20.8 Å². The lowest BCUT2D eigenvalue weighted by Gasteiger charge is -2.39. The SMILES string of the molecule is CC(C)(C)OC(=O)N1CCN2C(NCc3ccc(C(F)(F)F)cc3)=NCC2C1.I. The van der Waals surface area contributed by atoms with Gasteiger partial charge in [-0.1, -0.05) is 12.1 Å². The van der Waals surface area contributed by atoms with E-state index >= 15 is 0 Å². The number of ether oxygens (including phenoxy) is 1. The molecule has 3 rings (SSSR count). The molecule has 2 heterocycles. The Hall–Kier alpha value is -1.72. The molecule has 1 aromatic carbocycles. The zero-order valence-corrected chi connectivity index (χ0v) is 19.0. The van der Waals surface area contributed by atoms with Crippen molar-refractivity contribution >= 4 is 36.0 Å². The summed E-state index contributed by atoms with van der Waals surface area (Å²) in [4.78, 5) is 20.5. The van der Waals surface area contributed by atoms with Crippen molar-refractivity contribution in [1.29, 1.82) is 0 Å². The lowest BCUT2D eigenvalue weighted by Crippen LogP contribution is -2.57. The van der Waals surface area contributed by atoms with Gasteiger partial charge in [-0.25, -0.2) is 4.79 Å². The van der Waals surface area contributed by atoms with E-state index in [4.69, 9.17) is 4.74 Å². The van der Waals surface area contributed by atoms with Crippen molar-refractivity contribution in [3.63, 3.8) is 0 Å². The Labute approximate surface area is 185 Å². The average molecular weight is 526 g/mol. The minimum Gasteiger partial charge on any atom is -0.444 e. The standard InChI is InChI=1S/C19H25F3N4O2.HI/c1-18(2,3)28-17(27)25-8-9-26-15(12-25)11-24-16(26)23-10-13-4-6-14(7-5-13)19(20,21)22;/h4-7,15H,8-12H2,1-3H3,(H,23,24);1H. The van der Waals surface area contributed by atoms with Crippen molar-refractivity contribution < 1.29 is 22.7 Å². The topological polar surface area (TPSA) is 57.2 Å². The summed E-state index contributed by atoms with van der Waals surface area (Å²) in [5.74, 6) is 0.716. The van der Waals surface area contributed by atoms with Gasteiger partial charge in [-0.05, 0) is 38.5 Å². The number of alkyl halides is 3. The van der Waals surface area contributed by atoms with Crippen LogP contribution in [0.1, 0.15) is 31.9 Å². The van der Waals surface area contributed by atoms with E-state index in [1.54, 1.807) is 4.90 Å². The molecule has 2 aliphatic heterocycles. The highest BCUT2D eigenvalue weighted by molar-refractivity contribution is 14.0. The van der Waals surface area contributed by atoms with E-state index in [9.17, 15) is 18.0 Å². The number of carbonyl (C=O) groups excluding carboxylic acids is 1. The number of aliphatic imine (C=N–C) groups is 1. The van der Waals surface area contributed by atoms with Crippen LogP contribution in [0.25, 0.3) is 0 Å². The first-order chi connectivity index (χ1) is 13.0. The molecule has 1 saturated heterocycles. The molecule has 0 aliphatic carbocycles. The molecular weight excluding hydrogens is 500 g/mol. The molecule has 1 unspecified atom stereocenters. The van der Waals surface area contributed by atoms with Gasteiger partial charge >= 0.3 is 12.3 Å². The molecule has 2 aliphatic rings. The Kier molecular flexibility index (Phi) is 7.28. The monoisotopic (exact) mass is 526 g/mol. The number of benzene rings is 1. The van der Waals surface area contributed by atoms with Crippen molar-refractivity contribution in [3.05, 3.63) is 35.4 Å². The number of nitrogens with zero attached hydrogens (tertiary/aromatic N) is 3. The van der Waals surface area contributed by atoms with E-state index in [1.165, 1.54) is 12.1 Å². The summed E-state index contributed by atoms with van der Waals surface area (Å²) in [6, 6.07) is 5.16. The second-order valence-electron chi connectivity index (χ2n) is 7.99. The van der Waals surface area contributed by atoms with Gasteiger partial charge in [0.1, 0.15) is 5.60 Å². The third kappa shape index (κ3) is 6.13. The van der Waals surface area contributed by atoms with Crippen LogP contribution in [0.3, 0.4) is 0 Å². The van der Waals surface area contributed by atoms with Gasteiger partial charge in [0, 0.05) is 26.2 Å². The molecule has 0 spiro atoms. The Morgan fingerprint density at radius 1 is 1.21 bits per heavy atom. The third-order valence-electron chi connectivity index (χ3n) is 4.59. The molecular formula is C19H26F3IN4O2. The third-order valence-corrected chi connectivity index (χ3v) is 4.59. The first-order valence-electron chi connectivity index (χ1n) is 9.22. The van der Waals surface area contributed by atoms with Crippen LogP contribution in [-0.2, 0) is 17.5 Å². The first kappa shape index (κ1) is 23.6. The summed E-state index contributed by atoms with van der Waals surface area (Å²) in [6.45, 7) is 8.15. The predicted molar refractivity (Wildman–Crippen MR) is 114 cm³/mol. The highest BCUT2D eigenvalue weighted by Crippen LogP contribution is 2.29.